The summed E-state index contributed by atoms with van der Waals surface area (Å²) in [6.45, 7) is 0. The minimum Gasteiger partial charge on any atom is -0.469 e. The van der Waals surface area contributed by atoms with Crippen molar-refractivity contribution in [2.75, 3.05) is 7.11 Å². The van der Waals surface area contributed by atoms with Crippen LogP contribution in [0.25, 0.3) is 0 Å². The first-order valence-electron chi connectivity index (χ1n) is 6.92. The van der Waals surface area contributed by atoms with Crippen molar-refractivity contribution >= 4 is 5.97 Å². The Bertz CT molecular complexity index is 528. The number of rotatable bonds is 4. The largest absolute Gasteiger partial charge is 0.469 e. The molecular formula is C15H17F2NO3. The summed E-state index contributed by atoms with van der Waals surface area (Å²) in [5.74, 6) is -1.85. The Balaban J connectivity index is 2.11. The number of benzene rings is 1. The van der Waals surface area contributed by atoms with Crippen molar-refractivity contribution in [1.29, 1.82) is 0 Å². The molecule has 1 saturated carbocycles. The standard InChI is InChI=1S/C15H17F2NO3/c1-21-15(19)10-4-2-9(3-5-10)14(18-20)12-8-11(16)6-7-13(12)17/h6-10,14H,2-5H2,1H3. The lowest BCUT2D eigenvalue weighted by Crippen LogP contribution is -2.25. The molecule has 6 heteroatoms. The molecule has 0 spiro atoms. The second-order valence-electron chi connectivity index (χ2n) is 5.35. The topological polar surface area (TPSA) is 55.7 Å². The van der Waals surface area contributed by atoms with Gasteiger partial charge in [0.15, 0.2) is 0 Å². The van der Waals surface area contributed by atoms with E-state index in [0.717, 1.165) is 18.2 Å². The summed E-state index contributed by atoms with van der Waals surface area (Å²) in [6.07, 6.45) is 2.26. The van der Waals surface area contributed by atoms with Crippen molar-refractivity contribution in [3.8, 4) is 0 Å². The molecule has 0 radical (unpaired) electrons. The molecule has 1 aliphatic rings. The average Bonchev–Trinajstić information content (AvgIpc) is 2.51. The third kappa shape index (κ3) is 3.43. The Morgan fingerprint density at radius 2 is 1.95 bits per heavy atom. The molecule has 4 nitrogen and oxygen atoms in total. The van der Waals surface area contributed by atoms with Gasteiger partial charge in [-0.2, -0.15) is 4.91 Å². The van der Waals surface area contributed by atoms with Crippen molar-refractivity contribution in [3.05, 3.63) is 40.3 Å². The molecule has 1 aromatic rings. The van der Waals surface area contributed by atoms with E-state index in [4.69, 9.17) is 4.74 Å². The van der Waals surface area contributed by atoms with Crippen LogP contribution < -0.4 is 0 Å². The molecule has 0 heterocycles. The SMILES string of the molecule is COC(=O)C1CCC(C(N=O)c2cc(F)ccc2F)CC1. The molecule has 0 saturated heterocycles. The predicted molar refractivity (Wildman–Crippen MR) is 72.4 cm³/mol. The van der Waals surface area contributed by atoms with Crippen LogP contribution >= 0.6 is 0 Å². The quantitative estimate of drug-likeness (QED) is 0.628. The Morgan fingerprint density at radius 3 is 2.52 bits per heavy atom. The van der Waals surface area contributed by atoms with E-state index in [9.17, 15) is 18.5 Å². The number of ether oxygens (including phenoxy) is 1. The maximum absolute atomic E-state index is 13.8. The number of carbonyl (C=O) groups excluding carboxylic acids is 1. The van der Waals surface area contributed by atoms with Crippen LogP contribution in [0.15, 0.2) is 23.4 Å². The van der Waals surface area contributed by atoms with E-state index in [1.807, 2.05) is 0 Å². The number of nitroso groups, excluding NO2 is 1. The van der Waals surface area contributed by atoms with Gasteiger partial charge in [-0.05, 0) is 49.8 Å². The molecule has 1 aromatic carbocycles. The third-order valence-corrected chi connectivity index (χ3v) is 4.14. The maximum Gasteiger partial charge on any atom is 0.308 e. The third-order valence-electron chi connectivity index (χ3n) is 4.14. The number of methoxy groups -OCH3 is 1. The summed E-state index contributed by atoms with van der Waals surface area (Å²) in [6, 6.07) is 2.12. The zero-order valence-electron chi connectivity index (χ0n) is 11.7. The molecule has 1 unspecified atom stereocenters. The van der Waals surface area contributed by atoms with Gasteiger partial charge in [0, 0.05) is 5.56 Å². The maximum atomic E-state index is 13.8. The monoisotopic (exact) mass is 297 g/mol. The molecule has 114 valence electrons. The van der Waals surface area contributed by atoms with Gasteiger partial charge in [-0.25, -0.2) is 8.78 Å². The Labute approximate surface area is 121 Å². The van der Waals surface area contributed by atoms with Crippen LogP contribution in [0.5, 0.6) is 0 Å². The van der Waals surface area contributed by atoms with Gasteiger partial charge in [-0.1, -0.05) is 5.18 Å². The van der Waals surface area contributed by atoms with Gasteiger partial charge in [0.05, 0.1) is 13.0 Å². The van der Waals surface area contributed by atoms with Crippen molar-refractivity contribution < 1.29 is 18.3 Å². The van der Waals surface area contributed by atoms with Gasteiger partial charge in [0.2, 0.25) is 0 Å². The number of esters is 1. The highest BCUT2D eigenvalue weighted by Gasteiger charge is 2.33. The summed E-state index contributed by atoms with van der Waals surface area (Å²) in [4.78, 5) is 22.6. The molecular weight excluding hydrogens is 280 g/mol. The van der Waals surface area contributed by atoms with Gasteiger partial charge in [-0.3, -0.25) is 4.79 Å². The van der Waals surface area contributed by atoms with Crippen molar-refractivity contribution in [2.24, 2.45) is 17.0 Å². The summed E-state index contributed by atoms with van der Waals surface area (Å²) >= 11 is 0. The number of nitrogens with zero attached hydrogens (tertiary/aromatic N) is 1. The summed E-state index contributed by atoms with van der Waals surface area (Å²) < 4.78 is 31.7. The fourth-order valence-corrected chi connectivity index (χ4v) is 2.98. The number of hydrogen-bond acceptors (Lipinski definition) is 4. The Hall–Kier alpha value is -1.85. The Morgan fingerprint density at radius 1 is 1.29 bits per heavy atom. The van der Waals surface area contributed by atoms with Crippen molar-refractivity contribution in [1.82, 2.24) is 0 Å². The lowest BCUT2D eigenvalue weighted by Gasteiger charge is -2.29. The van der Waals surface area contributed by atoms with Crippen LogP contribution in [0.2, 0.25) is 0 Å². The van der Waals surface area contributed by atoms with Crippen LogP contribution in [-0.2, 0) is 9.53 Å². The zero-order valence-corrected chi connectivity index (χ0v) is 11.7. The lowest BCUT2D eigenvalue weighted by atomic mass is 9.77. The fraction of sp³-hybridized carbons (Fsp3) is 0.533. The first kappa shape index (κ1) is 15.5. The van der Waals surface area contributed by atoms with Crippen LogP contribution in [0, 0.1) is 28.4 Å². The van der Waals surface area contributed by atoms with Crippen molar-refractivity contribution in [2.45, 2.75) is 31.7 Å². The molecule has 0 bridgehead atoms. The van der Waals surface area contributed by atoms with E-state index in [1.165, 1.54) is 7.11 Å². The normalized spacial score (nSPS) is 23.4. The second kappa shape index (κ2) is 6.74. The van der Waals surface area contributed by atoms with Gasteiger partial charge >= 0.3 is 5.97 Å². The van der Waals surface area contributed by atoms with Gasteiger partial charge in [-0.15, -0.1) is 0 Å². The average molecular weight is 297 g/mol. The van der Waals surface area contributed by atoms with E-state index in [-0.39, 0.29) is 23.4 Å². The van der Waals surface area contributed by atoms with E-state index in [2.05, 4.69) is 5.18 Å². The molecule has 0 N–H and O–H groups in total. The highest BCUT2D eigenvalue weighted by Crippen LogP contribution is 2.40. The second-order valence-corrected chi connectivity index (χ2v) is 5.35. The first-order chi connectivity index (χ1) is 10.1. The molecule has 0 aromatic heterocycles. The molecule has 1 atom stereocenters. The smallest absolute Gasteiger partial charge is 0.308 e. The summed E-state index contributed by atoms with van der Waals surface area (Å²) in [5, 5.41) is 3.00. The molecule has 0 amide bonds. The van der Waals surface area contributed by atoms with Gasteiger partial charge in [0.25, 0.3) is 0 Å². The highest BCUT2D eigenvalue weighted by atomic mass is 19.1. The minimum absolute atomic E-state index is 0.00785. The lowest BCUT2D eigenvalue weighted by molar-refractivity contribution is -0.146. The van der Waals surface area contributed by atoms with Gasteiger partial charge in [0.1, 0.15) is 17.7 Å². The summed E-state index contributed by atoms with van der Waals surface area (Å²) in [7, 11) is 1.34. The van der Waals surface area contributed by atoms with Crippen LogP contribution in [0.1, 0.15) is 37.3 Å². The first-order valence-corrected chi connectivity index (χ1v) is 6.92. The zero-order chi connectivity index (χ0) is 15.4. The van der Waals surface area contributed by atoms with Crippen LogP contribution in [0.4, 0.5) is 8.78 Å². The number of halogens is 2. The fourth-order valence-electron chi connectivity index (χ4n) is 2.98. The molecule has 21 heavy (non-hydrogen) atoms. The number of hydrogen-bond donors (Lipinski definition) is 0. The minimum atomic E-state index is -0.917. The van der Waals surface area contributed by atoms with Crippen LogP contribution in [0.3, 0.4) is 0 Å². The molecule has 1 fully saturated rings. The van der Waals surface area contributed by atoms with E-state index in [1.54, 1.807) is 0 Å². The van der Waals surface area contributed by atoms with Gasteiger partial charge < -0.3 is 4.74 Å². The molecule has 1 aliphatic carbocycles. The Kier molecular flexibility index (Phi) is 4.98. The highest BCUT2D eigenvalue weighted by molar-refractivity contribution is 5.72. The molecule has 2 rings (SSSR count). The van der Waals surface area contributed by atoms with E-state index >= 15 is 0 Å². The summed E-state index contributed by atoms with van der Waals surface area (Å²) in [5.41, 5.74) is -0.00785. The van der Waals surface area contributed by atoms with E-state index < -0.39 is 17.7 Å². The predicted octanol–water partition coefficient (Wildman–Crippen LogP) is 3.75. The van der Waals surface area contributed by atoms with Crippen molar-refractivity contribution in [3.63, 3.8) is 0 Å². The number of carbonyl (C=O) groups is 1. The van der Waals surface area contributed by atoms with Crippen LogP contribution in [-0.4, -0.2) is 13.1 Å². The molecule has 0 aliphatic heterocycles. The van der Waals surface area contributed by atoms with E-state index in [0.29, 0.717) is 25.7 Å².